The summed E-state index contributed by atoms with van der Waals surface area (Å²) >= 11 is 1.70. The normalized spacial score (nSPS) is 20.1. The third-order valence-electron chi connectivity index (χ3n) is 4.21. The van der Waals surface area contributed by atoms with Crippen LogP contribution in [0.25, 0.3) is 0 Å². The molecule has 0 amide bonds. The highest BCUT2D eigenvalue weighted by Gasteiger charge is 2.33. The maximum Gasteiger partial charge on any atom is 0.0957 e. The number of hydrogen-bond acceptors (Lipinski definition) is 4. The molecule has 1 saturated heterocycles. The van der Waals surface area contributed by atoms with E-state index in [2.05, 4.69) is 44.9 Å². The van der Waals surface area contributed by atoms with Gasteiger partial charge in [0.25, 0.3) is 0 Å². The summed E-state index contributed by atoms with van der Waals surface area (Å²) in [4.78, 5) is 7.21. The van der Waals surface area contributed by atoms with E-state index in [4.69, 9.17) is 4.98 Å². The number of rotatable bonds is 4. The Morgan fingerprint density at radius 1 is 1.33 bits per heavy atom. The number of piperidine rings is 1. The van der Waals surface area contributed by atoms with Crippen LogP contribution >= 0.6 is 11.3 Å². The van der Waals surface area contributed by atoms with E-state index in [-0.39, 0.29) is 5.41 Å². The average molecular weight is 311 g/mol. The molecule has 0 unspecified atom stereocenters. The predicted molar refractivity (Wildman–Crippen MR) is 90.0 cm³/mol. The molecule has 120 valence electrons. The largest absolute Gasteiger partial charge is 0.389 e. The molecule has 0 saturated carbocycles. The van der Waals surface area contributed by atoms with Gasteiger partial charge >= 0.3 is 0 Å². The van der Waals surface area contributed by atoms with E-state index in [1.807, 2.05) is 0 Å². The third-order valence-corrected chi connectivity index (χ3v) is 5.06. The molecular formula is C17H30N2OS. The second-order valence-electron chi connectivity index (χ2n) is 7.97. The number of thiazole rings is 1. The van der Waals surface area contributed by atoms with Gasteiger partial charge < -0.3 is 10.0 Å². The van der Waals surface area contributed by atoms with E-state index in [0.29, 0.717) is 12.3 Å². The molecule has 1 aromatic heterocycles. The van der Waals surface area contributed by atoms with Crippen molar-refractivity contribution in [2.45, 2.75) is 64.9 Å². The first-order chi connectivity index (χ1) is 9.68. The zero-order valence-corrected chi connectivity index (χ0v) is 15.0. The Labute approximate surface area is 133 Å². The van der Waals surface area contributed by atoms with Gasteiger partial charge in [0.15, 0.2) is 0 Å². The number of aliphatic hydroxyl groups is 1. The Morgan fingerprint density at radius 3 is 2.43 bits per heavy atom. The summed E-state index contributed by atoms with van der Waals surface area (Å²) in [5, 5.41) is 14.1. The SMILES string of the molecule is CC(C)CN1CCC(O)(Cc2nc(C(C)(C)C)cs2)CC1. The summed E-state index contributed by atoms with van der Waals surface area (Å²) in [6.45, 7) is 14.2. The van der Waals surface area contributed by atoms with Crippen molar-refractivity contribution < 1.29 is 5.11 Å². The fraction of sp³-hybridized carbons (Fsp3) is 0.824. The lowest BCUT2D eigenvalue weighted by atomic mass is 9.88. The minimum Gasteiger partial charge on any atom is -0.389 e. The van der Waals surface area contributed by atoms with E-state index in [1.165, 1.54) is 0 Å². The standard InChI is InChI=1S/C17H30N2OS/c1-13(2)11-19-8-6-17(20,7-9-19)10-15-18-14(12-21-15)16(3,4)5/h12-13,20H,6-11H2,1-5H3. The third kappa shape index (κ3) is 4.76. The van der Waals surface area contributed by atoms with E-state index >= 15 is 0 Å². The lowest BCUT2D eigenvalue weighted by Crippen LogP contribution is -2.46. The van der Waals surface area contributed by atoms with E-state index in [1.54, 1.807) is 11.3 Å². The van der Waals surface area contributed by atoms with Gasteiger partial charge in [-0.3, -0.25) is 0 Å². The summed E-state index contributed by atoms with van der Waals surface area (Å²) in [5.74, 6) is 0.699. The second-order valence-corrected chi connectivity index (χ2v) is 8.91. The molecule has 0 aliphatic carbocycles. The molecule has 1 aromatic rings. The van der Waals surface area contributed by atoms with E-state index < -0.39 is 5.60 Å². The molecule has 3 nitrogen and oxygen atoms in total. The van der Waals surface area contributed by atoms with Crippen LogP contribution in [-0.2, 0) is 11.8 Å². The molecule has 1 aliphatic rings. The van der Waals surface area contributed by atoms with Gasteiger partial charge in [0.2, 0.25) is 0 Å². The van der Waals surface area contributed by atoms with Gasteiger partial charge in [-0.25, -0.2) is 4.98 Å². The fourth-order valence-corrected chi connectivity index (χ4v) is 4.02. The lowest BCUT2D eigenvalue weighted by Gasteiger charge is -2.38. The highest BCUT2D eigenvalue weighted by atomic mass is 32.1. The molecule has 0 radical (unpaired) electrons. The van der Waals surface area contributed by atoms with Crippen molar-refractivity contribution in [2.24, 2.45) is 5.92 Å². The zero-order chi connectivity index (χ0) is 15.7. The molecule has 1 fully saturated rings. The summed E-state index contributed by atoms with van der Waals surface area (Å²) < 4.78 is 0. The molecule has 1 N–H and O–H groups in total. The molecule has 0 bridgehead atoms. The quantitative estimate of drug-likeness (QED) is 0.925. The Bertz CT molecular complexity index is 454. The fourth-order valence-electron chi connectivity index (χ4n) is 2.86. The van der Waals surface area contributed by atoms with Gasteiger partial charge in [-0.15, -0.1) is 11.3 Å². The van der Waals surface area contributed by atoms with Gasteiger partial charge in [0.05, 0.1) is 16.3 Å². The Kier molecular flexibility index (Phi) is 5.11. The van der Waals surface area contributed by atoms with Crippen LogP contribution in [0.3, 0.4) is 0 Å². The summed E-state index contributed by atoms with van der Waals surface area (Å²) in [5.41, 5.74) is 0.682. The molecule has 4 heteroatoms. The van der Waals surface area contributed by atoms with E-state index in [0.717, 1.165) is 43.2 Å². The highest BCUT2D eigenvalue weighted by molar-refractivity contribution is 7.09. The molecule has 21 heavy (non-hydrogen) atoms. The average Bonchev–Trinajstić information content (AvgIpc) is 2.80. The molecule has 1 aliphatic heterocycles. The van der Waals surface area contributed by atoms with Gasteiger partial charge in [-0.05, 0) is 18.8 Å². The summed E-state index contributed by atoms with van der Waals surface area (Å²) in [6, 6.07) is 0. The van der Waals surface area contributed by atoms with Crippen LogP contribution in [0.5, 0.6) is 0 Å². The topological polar surface area (TPSA) is 36.4 Å². The van der Waals surface area contributed by atoms with Crippen molar-refractivity contribution in [1.82, 2.24) is 9.88 Å². The Balaban J connectivity index is 1.92. The minimum atomic E-state index is -0.555. The van der Waals surface area contributed by atoms with Crippen molar-refractivity contribution >= 4 is 11.3 Å². The molecule has 2 rings (SSSR count). The predicted octanol–water partition coefficient (Wildman–Crippen LogP) is 3.47. The van der Waals surface area contributed by atoms with Crippen LogP contribution in [0, 0.1) is 5.92 Å². The monoisotopic (exact) mass is 310 g/mol. The summed E-state index contributed by atoms with van der Waals surface area (Å²) in [7, 11) is 0. The van der Waals surface area contributed by atoms with Crippen LogP contribution in [0.4, 0.5) is 0 Å². The maximum atomic E-state index is 10.8. The van der Waals surface area contributed by atoms with Crippen LogP contribution < -0.4 is 0 Å². The zero-order valence-electron chi connectivity index (χ0n) is 14.1. The Hall–Kier alpha value is -0.450. The van der Waals surface area contributed by atoms with Crippen molar-refractivity contribution in [3.63, 3.8) is 0 Å². The van der Waals surface area contributed by atoms with Gasteiger partial charge in [-0.1, -0.05) is 34.6 Å². The number of aromatic nitrogens is 1. The van der Waals surface area contributed by atoms with Gasteiger partial charge in [-0.2, -0.15) is 0 Å². The number of nitrogens with zero attached hydrogens (tertiary/aromatic N) is 2. The summed E-state index contributed by atoms with van der Waals surface area (Å²) in [6.07, 6.45) is 2.44. The molecule has 0 spiro atoms. The smallest absolute Gasteiger partial charge is 0.0957 e. The minimum absolute atomic E-state index is 0.0952. The van der Waals surface area contributed by atoms with Crippen LogP contribution in [-0.4, -0.2) is 40.2 Å². The lowest BCUT2D eigenvalue weighted by molar-refractivity contribution is -0.0227. The van der Waals surface area contributed by atoms with Crippen molar-refractivity contribution in [1.29, 1.82) is 0 Å². The maximum absolute atomic E-state index is 10.8. The molecule has 2 heterocycles. The van der Waals surface area contributed by atoms with Crippen LogP contribution in [0.2, 0.25) is 0 Å². The first kappa shape index (κ1) is 16.9. The number of likely N-dealkylation sites (tertiary alicyclic amines) is 1. The van der Waals surface area contributed by atoms with Crippen LogP contribution in [0.15, 0.2) is 5.38 Å². The molecule has 0 aromatic carbocycles. The Morgan fingerprint density at radius 2 is 1.95 bits per heavy atom. The van der Waals surface area contributed by atoms with Crippen LogP contribution in [0.1, 0.15) is 58.2 Å². The van der Waals surface area contributed by atoms with Crippen molar-refractivity contribution in [2.75, 3.05) is 19.6 Å². The van der Waals surface area contributed by atoms with Crippen molar-refractivity contribution in [3.05, 3.63) is 16.1 Å². The van der Waals surface area contributed by atoms with Crippen molar-refractivity contribution in [3.8, 4) is 0 Å². The number of hydrogen-bond donors (Lipinski definition) is 1. The second kappa shape index (κ2) is 6.35. The van der Waals surface area contributed by atoms with Gasteiger partial charge in [0.1, 0.15) is 0 Å². The first-order valence-electron chi connectivity index (χ1n) is 8.08. The first-order valence-corrected chi connectivity index (χ1v) is 8.95. The van der Waals surface area contributed by atoms with E-state index in [9.17, 15) is 5.11 Å². The molecular weight excluding hydrogens is 280 g/mol. The molecule has 0 atom stereocenters. The van der Waals surface area contributed by atoms with Gasteiger partial charge in [0, 0.05) is 36.9 Å². The highest BCUT2D eigenvalue weighted by Crippen LogP contribution is 2.30.